The van der Waals surface area contributed by atoms with Crippen molar-refractivity contribution in [1.82, 2.24) is 30.0 Å². The molecule has 4 heterocycles. The van der Waals surface area contributed by atoms with Gasteiger partial charge < -0.3 is 20.6 Å². The topological polar surface area (TPSA) is 108 Å². The molecule has 172 valence electrons. The second-order valence-corrected chi connectivity index (χ2v) is 7.94. The number of nitrogens with one attached hydrogen (secondary N) is 2. The van der Waals surface area contributed by atoms with Crippen LogP contribution in [0.25, 0.3) is 5.57 Å². The Bertz CT molecular complexity index is 1020. The fourth-order valence-electron chi connectivity index (χ4n) is 4.20. The van der Waals surface area contributed by atoms with Crippen LogP contribution in [0.1, 0.15) is 30.5 Å². The molecule has 2 aromatic rings. The standard InChI is InChI=1S/C20H24F3N7O2/c1-12-8-24-18(27-14-9-26-29(10-14)4-5-31)28-17(12)13-6-15-2-3-16(7-13)30(15)19(32)25-11-20(21,22)23/h6,8-10,15-16,31H,2-5,7,11H2,1H3,(H,25,32)(H,24,27,28). The number of urea groups is 1. The number of aromatic nitrogens is 4. The average molecular weight is 451 g/mol. The van der Waals surface area contributed by atoms with E-state index in [1.807, 2.05) is 18.3 Å². The van der Waals surface area contributed by atoms with E-state index in [1.165, 1.54) is 4.90 Å². The van der Waals surface area contributed by atoms with Crippen molar-refractivity contribution in [2.45, 2.75) is 51.0 Å². The van der Waals surface area contributed by atoms with Gasteiger partial charge in [-0.1, -0.05) is 6.08 Å². The Morgan fingerprint density at radius 3 is 2.84 bits per heavy atom. The first kappa shape index (κ1) is 22.1. The molecule has 3 N–H and O–H groups in total. The van der Waals surface area contributed by atoms with E-state index >= 15 is 0 Å². The van der Waals surface area contributed by atoms with E-state index in [0.717, 1.165) is 23.3 Å². The van der Waals surface area contributed by atoms with Crippen LogP contribution >= 0.6 is 0 Å². The maximum absolute atomic E-state index is 12.5. The van der Waals surface area contributed by atoms with Gasteiger partial charge in [-0.15, -0.1) is 0 Å². The highest BCUT2D eigenvalue weighted by Crippen LogP contribution is 2.39. The Labute approximate surface area is 182 Å². The molecule has 1 fully saturated rings. The zero-order chi connectivity index (χ0) is 22.9. The van der Waals surface area contributed by atoms with E-state index in [0.29, 0.717) is 31.0 Å². The molecule has 2 bridgehead atoms. The molecular weight excluding hydrogens is 427 g/mol. The van der Waals surface area contributed by atoms with Crippen LogP contribution in [0.15, 0.2) is 24.7 Å². The molecule has 2 aromatic heterocycles. The normalized spacial score (nSPS) is 20.3. The Morgan fingerprint density at radius 2 is 2.12 bits per heavy atom. The second kappa shape index (κ2) is 8.77. The van der Waals surface area contributed by atoms with Crippen LogP contribution in [0.4, 0.5) is 29.6 Å². The lowest BCUT2D eigenvalue weighted by atomic mass is 9.96. The van der Waals surface area contributed by atoms with E-state index in [9.17, 15) is 18.0 Å². The maximum Gasteiger partial charge on any atom is 0.405 e. The molecule has 9 nitrogen and oxygen atoms in total. The number of fused-ring (bicyclic) bond motifs is 2. The predicted octanol–water partition coefficient (Wildman–Crippen LogP) is 2.61. The quantitative estimate of drug-likeness (QED) is 0.623. The van der Waals surface area contributed by atoms with Gasteiger partial charge in [-0.2, -0.15) is 18.3 Å². The third-order valence-corrected chi connectivity index (χ3v) is 5.56. The molecule has 2 unspecified atom stereocenters. The second-order valence-electron chi connectivity index (χ2n) is 7.94. The van der Waals surface area contributed by atoms with E-state index in [2.05, 4.69) is 20.4 Å². The lowest BCUT2D eigenvalue weighted by Gasteiger charge is -2.34. The number of rotatable bonds is 6. The van der Waals surface area contributed by atoms with Crippen LogP contribution < -0.4 is 10.6 Å². The summed E-state index contributed by atoms with van der Waals surface area (Å²) >= 11 is 0. The zero-order valence-electron chi connectivity index (χ0n) is 17.4. The summed E-state index contributed by atoms with van der Waals surface area (Å²) < 4.78 is 39.0. The van der Waals surface area contributed by atoms with Gasteiger partial charge in [0.25, 0.3) is 0 Å². The van der Waals surface area contributed by atoms with Gasteiger partial charge in [0, 0.05) is 18.4 Å². The summed E-state index contributed by atoms with van der Waals surface area (Å²) in [5.41, 5.74) is 3.25. The number of hydrogen-bond acceptors (Lipinski definition) is 6. The summed E-state index contributed by atoms with van der Waals surface area (Å²) in [5.74, 6) is 0.382. The smallest absolute Gasteiger partial charge is 0.394 e. The molecule has 0 saturated carbocycles. The number of carbonyl (C=O) groups excluding carboxylic acids is 1. The number of aliphatic hydroxyl groups excluding tert-OH is 1. The first-order chi connectivity index (χ1) is 15.2. The fourth-order valence-corrected chi connectivity index (χ4v) is 4.20. The van der Waals surface area contributed by atoms with Crippen LogP contribution in [-0.4, -0.2) is 67.2 Å². The molecule has 4 rings (SSSR count). The summed E-state index contributed by atoms with van der Waals surface area (Å²) in [7, 11) is 0. The van der Waals surface area contributed by atoms with Crippen molar-refractivity contribution in [3.05, 3.63) is 35.9 Å². The SMILES string of the molecule is Cc1cnc(Nc2cnn(CCO)c2)nc1C1=CC2CCC(C1)N2C(=O)NCC(F)(F)F. The summed E-state index contributed by atoms with van der Waals surface area (Å²) in [6, 6.07) is -1.12. The molecule has 12 heteroatoms. The minimum Gasteiger partial charge on any atom is -0.394 e. The van der Waals surface area contributed by atoms with E-state index in [4.69, 9.17) is 5.11 Å². The number of nitrogens with zero attached hydrogens (tertiary/aromatic N) is 5. The Balaban J connectivity index is 1.50. The van der Waals surface area contributed by atoms with Gasteiger partial charge in [-0.05, 0) is 37.3 Å². The highest BCUT2D eigenvalue weighted by Gasteiger charge is 2.41. The minimum atomic E-state index is -4.44. The molecule has 2 aliphatic rings. The van der Waals surface area contributed by atoms with Crippen LogP contribution in [0.2, 0.25) is 0 Å². The van der Waals surface area contributed by atoms with Gasteiger partial charge in [0.2, 0.25) is 5.95 Å². The number of anilines is 2. The molecule has 0 aliphatic carbocycles. The minimum absolute atomic E-state index is 0.0198. The van der Waals surface area contributed by atoms with E-state index < -0.39 is 18.8 Å². The summed E-state index contributed by atoms with van der Waals surface area (Å²) in [6.07, 6.45) is 4.47. The summed E-state index contributed by atoms with van der Waals surface area (Å²) in [5, 5.41) is 18.2. The largest absolute Gasteiger partial charge is 0.405 e. The van der Waals surface area contributed by atoms with Gasteiger partial charge in [-0.3, -0.25) is 4.68 Å². The van der Waals surface area contributed by atoms with Crippen LogP contribution in [0, 0.1) is 6.92 Å². The molecule has 32 heavy (non-hydrogen) atoms. The predicted molar refractivity (Wildman–Crippen MR) is 110 cm³/mol. The molecule has 2 atom stereocenters. The number of amides is 2. The first-order valence-corrected chi connectivity index (χ1v) is 10.3. The molecule has 0 aromatic carbocycles. The molecule has 2 amide bonds. The van der Waals surface area contributed by atoms with Crippen molar-refractivity contribution >= 4 is 23.2 Å². The molecule has 2 aliphatic heterocycles. The Morgan fingerprint density at radius 1 is 1.31 bits per heavy atom. The summed E-state index contributed by atoms with van der Waals surface area (Å²) in [4.78, 5) is 22.8. The van der Waals surface area contributed by atoms with Gasteiger partial charge in [0.05, 0.1) is 36.8 Å². The number of hydrogen-bond donors (Lipinski definition) is 3. The Kier molecular flexibility index (Phi) is 6.04. The van der Waals surface area contributed by atoms with Crippen molar-refractivity contribution in [3.8, 4) is 0 Å². The number of aliphatic hydroxyl groups is 1. The van der Waals surface area contributed by atoms with Crippen molar-refractivity contribution in [3.63, 3.8) is 0 Å². The average Bonchev–Trinajstić information content (AvgIpc) is 3.28. The number of aryl methyl sites for hydroxylation is 1. The van der Waals surface area contributed by atoms with Gasteiger partial charge in [-0.25, -0.2) is 14.8 Å². The molecular formula is C20H24F3N7O2. The van der Waals surface area contributed by atoms with Gasteiger partial charge >= 0.3 is 12.2 Å². The van der Waals surface area contributed by atoms with Crippen LogP contribution in [0.3, 0.4) is 0 Å². The van der Waals surface area contributed by atoms with Crippen molar-refractivity contribution in [1.29, 1.82) is 0 Å². The van der Waals surface area contributed by atoms with Gasteiger partial charge in [0.15, 0.2) is 0 Å². The number of carbonyl (C=O) groups is 1. The van der Waals surface area contributed by atoms with E-state index in [-0.39, 0.29) is 18.7 Å². The van der Waals surface area contributed by atoms with Crippen molar-refractivity contribution < 1.29 is 23.1 Å². The highest BCUT2D eigenvalue weighted by molar-refractivity contribution is 5.79. The monoisotopic (exact) mass is 451 g/mol. The lowest BCUT2D eigenvalue weighted by Crippen LogP contribution is -2.50. The van der Waals surface area contributed by atoms with Gasteiger partial charge in [0.1, 0.15) is 6.54 Å². The van der Waals surface area contributed by atoms with Crippen molar-refractivity contribution in [2.75, 3.05) is 18.5 Å². The first-order valence-electron chi connectivity index (χ1n) is 10.3. The third kappa shape index (κ3) is 4.85. The number of alkyl halides is 3. The van der Waals surface area contributed by atoms with E-state index in [1.54, 1.807) is 23.3 Å². The molecule has 1 saturated heterocycles. The molecule has 0 radical (unpaired) electrons. The maximum atomic E-state index is 12.5. The number of halogens is 3. The molecule has 0 spiro atoms. The third-order valence-electron chi connectivity index (χ3n) is 5.56. The fraction of sp³-hybridized carbons (Fsp3) is 0.500. The summed E-state index contributed by atoms with van der Waals surface area (Å²) in [6.45, 7) is 0.912. The van der Waals surface area contributed by atoms with Crippen LogP contribution in [-0.2, 0) is 6.54 Å². The van der Waals surface area contributed by atoms with Crippen molar-refractivity contribution in [2.24, 2.45) is 0 Å². The lowest BCUT2D eigenvalue weighted by molar-refractivity contribution is -0.123. The van der Waals surface area contributed by atoms with Crippen LogP contribution in [0.5, 0.6) is 0 Å². The zero-order valence-corrected chi connectivity index (χ0v) is 17.4. The Hall–Kier alpha value is -3.15. The highest BCUT2D eigenvalue weighted by atomic mass is 19.4.